The van der Waals surface area contributed by atoms with Gasteiger partial charge in [-0.3, -0.25) is 9.59 Å². The minimum Gasteiger partial charge on any atom is -0.449 e. The normalized spacial score (nSPS) is 12.6. The van der Waals surface area contributed by atoms with Crippen molar-refractivity contribution in [3.63, 3.8) is 0 Å². The molecule has 5 heteroatoms. The van der Waals surface area contributed by atoms with Crippen molar-refractivity contribution >= 4 is 28.6 Å². The second-order valence-electron chi connectivity index (χ2n) is 4.61. The Labute approximate surface area is 125 Å². The van der Waals surface area contributed by atoms with Gasteiger partial charge in [0.1, 0.15) is 6.61 Å². The molecule has 4 nitrogen and oxygen atoms in total. The van der Waals surface area contributed by atoms with E-state index in [0.29, 0.717) is 27.8 Å². The van der Waals surface area contributed by atoms with E-state index < -0.39 is 5.43 Å². The van der Waals surface area contributed by atoms with Gasteiger partial charge in [0, 0.05) is 33.9 Å². The first-order valence-corrected chi connectivity index (χ1v) is 6.59. The Morgan fingerprint density at radius 2 is 1.48 bits per heavy atom. The summed E-state index contributed by atoms with van der Waals surface area (Å²) in [6.45, 7) is -0.0429. The van der Waals surface area contributed by atoms with E-state index in [-0.39, 0.29) is 18.2 Å². The summed E-state index contributed by atoms with van der Waals surface area (Å²) in [5.41, 5.74) is 1.17. The highest BCUT2D eigenvalue weighted by molar-refractivity contribution is 6.61. The van der Waals surface area contributed by atoms with Gasteiger partial charge in [-0.1, -0.05) is 30.3 Å². The van der Waals surface area contributed by atoms with Crippen LogP contribution >= 0.6 is 11.6 Å². The van der Waals surface area contributed by atoms with Crippen LogP contribution in [0.2, 0.25) is 0 Å². The lowest BCUT2D eigenvalue weighted by atomic mass is 9.83. The van der Waals surface area contributed by atoms with Gasteiger partial charge in [-0.2, -0.15) is 0 Å². The van der Waals surface area contributed by atoms with Gasteiger partial charge in [-0.05, 0) is 17.7 Å². The lowest BCUT2D eigenvalue weighted by Crippen LogP contribution is -2.21. The fourth-order valence-corrected chi connectivity index (χ4v) is 2.43. The monoisotopic (exact) mass is 300 g/mol. The van der Waals surface area contributed by atoms with Crippen LogP contribution in [0.1, 0.15) is 37.4 Å². The number of ether oxygens (including phenoxy) is 1. The van der Waals surface area contributed by atoms with Crippen LogP contribution < -0.4 is 0 Å². The van der Waals surface area contributed by atoms with E-state index in [9.17, 15) is 14.4 Å². The topological polar surface area (TPSA) is 60.4 Å². The van der Waals surface area contributed by atoms with Crippen LogP contribution in [-0.4, -0.2) is 17.0 Å². The van der Waals surface area contributed by atoms with Crippen molar-refractivity contribution in [3.05, 3.63) is 70.3 Å². The Balaban J connectivity index is 2.04. The maximum Gasteiger partial charge on any atom is 0.404 e. The van der Waals surface area contributed by atoms with Gasteiger partial charge < -0.3 is 4.74 Å². The molecule has 0 unspecified atom stereocenters. The fraction of sp³-hybridized carbons (Fsp3) is 0.0625. The number of carbonyl (C=O) groups is 3. The fourth-order valence-electron chi connectivity index (χ4n) is 2.38. The molecular weight excluding hydrogens is 292 g/mol. The molecule has 0 saturated carbocycles. The third kappa shape index (κ3) is 2.34. The molecule has 0 atom stereocenters. The Morgan fingerprint density at radius 3 is 2.10 bits per heavy atom. The smallest absolute Gasteiger partial charge is 0.404 e. The van der Waals surface area contributed by atoms with E-state index in [2.05, 4.69) is 4.74 Å². The lowest BCUT2D eigenvalue weighted by Gasteiger charge is -2.17. The largest absolute Gasteiger partial charge is 0.449 e. The van der Waals surface area contributed by atoms with Crippen LogP contribution in [0.15, 0.2) is 42.5 Å². The van der Waals surface area contributed by atoms with Crippen molar-refractivity contribution in [2.45, 2.75) is 6.61 Å². The highest BCUT2D eigenvalue weighted by Crippen LogP contribution is 2.28. The summed E-state index contributed by atoms with van der Waals surface area (Å²) in [4.78, 5) is 35.4. The highest BCUT2D eigenvalue weighted by Gasteiger charge is 2.29. The maximum atomic E-state index is 12.5. The first kappa shape index (κ1) is 13.5. The summed E-state index contributed by atoms with van der Waals surface area (Å²) in [5, 5.41) is 0. The van der Waals surface area contributed by atoms with E-state index in [1.165, 1.54) is 0 Å². The summed E-state index contributed by atoms with van der Waals surface area (Å²) in [7, 11) is 0. The van der Waals surface area contributed by atoms with E-state index >= 15 is 0 Å². The zero-order valence-electron chi connectivity index (χ0n) is 10.8. The number of carbonyl (C=O) groups excluding carboxylic acids is 3. The van der Waals surface area contributed by atoms with E-state index in [4.69, 9.17) is 11.6 Å². The van der Waals surface area contributed by atoms with E-state index in [0.717, 1.165) is 0 Å². The Bertz CT molecular complexity index is 780. The van der Waals surface area contributed by atoms with Gasteiger partial charge in [0.05, 0.1) is 0 Å². The zero-order chi connectivity index (χ0) is 15.0. The molecular formula is C16H9ClO4. The Hall–Kier alpha value is -2.46. The second kappa shape index (κ2) is 5.14. The average molecular weight is 301 g/mol. The summed E-state index contributed by atoms with van der Waals surface area (Å²) >= 11 is 5.11. The number of benzene rings is 2. The lowest BCUT2D eigenvalue weighted by molar-refractivity contribution is 0.0979. The quantitative estimate of drug-likeness (QED) is 0.681. The predicted octanol–water partition coefficient (Wildman–Crippen LogP) is 3.34. The van der Waals surface area contributed by atoms with Crippen molar-refractivity contribution in [1.29, 1.82) is 0 Å². The molecule has 0 saturated heterocycles. The van der Waals surface area contributed by atoms with Crippen LogP contribution in [0.25, 0.3) is 0 Å². The molecule has 104 valence electrons. The second-order valence-corrected chi connectivity index (χ2v) is 4.92. The maximum absolute atomic E-state index is 12.5. The number of fused-ring (bicyclic) bond motifs is 2. The minimum atomic E-state index is -0.916. The number of halogens is 1. The molecule has 0 N–H and O–H groups in total. The molecule has 0 radical (unpaired) electrons. The molecule has 0 fully saturated rings. The van der Waals surface area contributed by atoms with Crippen molar-refractivity contribution in [1.82, 2.24) is 0 Å². The third-order valence-corrected chi connectivity index (χ3v) is 3.45. The highest BCUT2D eigenvalue weighted by atomic mass is 35.5. The van der Waals surface area contributed by atoms with Gasteiger partial charge >= 0.3 is 5.43 Å². The van der Waals surface area contributed by atoms with Crippen molar-refractivity contribution < 1.29 is 19.1 Å². The van der Waals surface area contributed by atoms with Crippen LogP contribution in [0, 0.1) is 0 Å². The molecule has 1 aliphatic rings. The molecule has 2 aromatic carbocycles. The first-order chi connectivity index (χ1) is 10.1. The zero-order valence-corrected chi connectivity index (χ0v) is 11.5. The summed E-state index contributed by atoms with van der Waals surface area (Å²) < 4.78 is 4.68. The minimum absolute atomic E-state index is 0.0429. The molecule has 0 aromatic heterocycles. The molecule has 0 spiro atoms. The van der Waals surface area contributed by atoms with Gasteiger partial charge in [-0.25, -0.2) is 4.79 Å². The summed E-state index contributed by atoms with van der Waals surface area (Å²) in [6, 6.07) is 11.5. The molecule has 0 heterocycles. The number of rotatable bonds is 2. The summed E-state index contributed by atoms with van der Waals surface area (Å²) in [5.74, 6) is -0.389. The van der Waals surface area contributed by atoms with Crippen LogP contribution in [0.4, 0.5) is 4.79 Å². The molecule has 0 bridgehead atoms. The predicted molar refractivity (Wildman–Crippen MR) is 75.8 cm³/mol. The van der Waals surface area contributed by atoms with E-state index in [1.54, 1.807) is 42.5 Å². The van der Waals surface area contributed by atoms with Crippen LogP contribution in [0.3, 0.4) is 0 Å². The van der Waals surface area contributed by atoms with Crippen molar-refractivity contribution in [2.24, 2.45) is 0 Å². The van der Waals surface area contributed by atoms with Gasteiger partial charge in [0.2, 0.25) is 0 Å². The van der Waals surface area contributed by atoms with Crippen molar-refractivity contribution in [2.75, 3.05) is 0 Å². The van der Waals surface area contributed by atoms with E-state index in [1.807, 2.05) is 0 Å². The third-order valence-electron chi connectivity index (χ3n) is 3.34. The molecule has 2 aromatic rings. The molecule has 0 amide bonds. The SMILES string of the molecule is O=C(Cl)OCc1ccc2c(c1)C(=O)c1ccccc1C2=O. The Morgan fingerprint density at radius 1 is 0.905 bits per heavy atom. The average Bonchev–Trinajstić information content (AvgIpc) is 2.50. The van der Waals surface area contributed by atoms with Crippen LogP contribution in [-0.2, 0) is 11.3 Å². The molecule has 21 heavy (non-hydrogen) atoms. The van der Waals surface area contributed by atoms with Gasteiger partial charge in [0.15, 0.2) is 11.6 Å². The standard InChI is InChI=1S/C16H9ClO4/c17-16(20)21-8-9-5-6-12-13(7-9)15(19)11-4-2-1-3-10(11)14(12)18/h1-7H,8H2. The molecule has 1 aliphatic carbocycles. The van der Waals surface area contributed by atoms with Crippen LogP contribution in [0.5, 0.6) is 0 Å². The van der Waals surface area contributed by atoms with Gasteiger partial charge in [0.25, 0.3) is 0 Å². The Kier molecular flexibility index (Phi) is 3.31. The first-order valence-electron chi connectivity index (χ1n) is 6.21. The summed E-state index contributed by atoms with van der Waals surface area (Å²) in [6.07, 6.45) is 0. The van der Waals surface area contributed by atoms with Gasteiger partial charge in [-0.15, -0.1) is 0 Å². The molecule has 0 aliphatic heterocycles. The number of hydrogen-bond donors (Lipinski definition) is 0. The van der Waals surface area contributed by atoms with Crippen molar-refractivity contribution in [3.8, 4) is 0 Å². The number of hydrogen-bond acceptors (Lipinski definition) is 4. The molecule has 3 rings (SSSR count). The number of ketones is 2.